The van der Waals surface area contributed by atoms with Crippen molar-refractivity contribution in [3.05, 3.63) is 59.1 Å². The molecule has 2 fully saturated rings. The quantitative estimate of drug-likeness (QED) is 0.868. The number of urea groups is 1. The number of benzene rings is 2. The summed E-state index contributed by atoms with van der Waals surface area (Å²) in [6.07, 6.45) is 1.95. The first-order chi connectivity index (χ1) is 13.1. The number of hydrogen-bond donors (Lipinski definition) is 1. The number of ether oxygens (including phenoxy) is 1. The van der Waals surface area contributed by atoms with E-state index < -0.39 is 0 Å². The van der Waals surface area contributed by atoms with Crippen LogP contribution in [0.15, 0.2) is 48.5 Å². The molecular formula is C21H24ClN3O2. The van der Waals surface area contributed by atoms with Crippen molar-refractivity contribution in [3.8, 4) is 5.75 Å². The minimum absolute atomic E-state index is 0.0159. The number of carbonyl (C=O) groups is 1. The van der Waals surface area contributed by atoms with Gasteiger partial charge in [0.05, 0.1) is 18.3 Å². The van der Waals surface area contributed by atoms with E-state index in [-0.39, 0.29) is 11.6 Å². The Labute approximate surface area is 164 Å². The predicted molar refractivity (Wildman–Crippen MR) is 108 cm³/mol. The van der Waals surface area contributed by atoms with Crippen LogP contribution < -0.4 is 15.0 Å². The highest BCUT2D eigenvalue weighted by Crippen LogP contribution is 2.45. The van der Waals surface area contributed by atoms with Gasteiger partial charge in [0.1, 0.15) is 5.75 Å². The van der Waals surface area contributed by atoms with Crippen molar-refractivity contribution in [1.29, 1.82) is 0 Å². The molecule has 0 radical (unpaired) electrons. The number of halogens is 1. The number of nitrogens with zero attached hydrogens (tertiary/aromatic N) is 2. The third-order valence-corrected chi connectivity index (χ3v) is 5.74. The SMILES string of the molecule is COc1ccccc1N1CCN(C(=O)NC2(c3ccc(Cl)cc3)CC2)CC1. The van der Waals surface area contributed by atoms with Crippen LogP contribution in [0.3, 0.4) is 0 Å². The number of piperazine rings is 1. The second kappa shape index (κ2) is 7.31. The van der Waals surface area contributed by atoms with Crippen LogP contribution in [-0.4, -0.2) is 44.2 Å². The Hall–Kier alpha value is -2.40. The third kappa shape index (κ3) is 3.69. The van der Waals surface area contributed by atoms with Crippen molar-refractivity contribution < 1.29 is 9.53 Å². The summed E-state index contributed by atoms with van der Waals surface area (Å²) in [6.45, 7) is 2.98. The summed E-state index contributed by atoms with van der Waals surface area (Å²) in [7, 11) is 1.69. The van der Waals surface area contributed by atoms with E-state index in [1.807, 2.05) is 47.4 Å². The first kappa shape index (κ1) is 18.0. The Morgan fingerprint density at radius 3 is 2.33 bits per heavy atom. The molecule has 1 aliphatic heterocycles. The summed E-state index contributed by atoms with van der Waals surface area (Å²) >= 11 is 5.99. The molecular weight excluding hydrogens is 362 g/mol. The second-order valence-corrected chi connectivity index (χ2v) is 7.60. The Balaban J connectivity index is 1.37. The predicted octanol–water partition coefficient (Wildman–Crippen LogP) is 3.87. The highest BCUT2D eigenvalue weighted by atomic mass is 35.5. The maximum absolute atomic E-state index is 12.8. The number of carbonyl (C=O) groups excluding carboxylic acids is 1. The molecule has 5 nitrogen and oxygen atoms in total. The molecule has 2 aliphatic rings. The van der Waals surface area contributed by atoms with Gasteiger partial charge in [-0.05, 0) is 42.7 Å². The van der Waals surface area contributed by atoms with Crippen molar-refractivity contribution >= 4 is 23.3 Å². The fourth-order valence-corrected chi connectivity index (χ4v) is 3.83. The topological polar surface area (TPSA) is 44.8 Å². The molecule has 27 heavy (non-hydrogen) atoms. The van der Waals surface area contributed by atoms with Gasteiger partial charge < -0.3 is 19.9 Å². The molecule has 4 rings (SSSR count). The number of hydrogen-bond acceptors (Lipinski definition) is 3. The van der Waals surface area contributed by atoms with Gasteiger partial charge in [-0.25, -0.2) is 4.79 Å². The van der Waals surface area contributed by atoms with Crippen LogP contribution in [0.25, 0.3) is 0 Å². The van der Waals surface area contributed by atoms with Gasteiger partial charge in [0.15, 0.2) is 0 Å². The van der Waals surface area contributed by atoms with E-state index in [0.717, 1.165) is 42.9 Å². The van der Waals surface area contributed by atoms with Crippen molar-refractivity contribution in [2.45, 2.75) is 18.4 Å². The van der Waals surface area contributed by atoms with E-state index in [4.69, 9.17) is 16.3 Å². The van der Waals surface area contributed by atoms with Crippen molar-refractivity contribution in [2.24, 2.45) is 0 Å². The minimum atomic E-state index is -0.221. The molecule has 0 bridgehead atoms. The van der Waals surface area contributed by atoms with Crippen LogP contribution in [0.4, 0.5) is 10.5 Å². The molecule has 1 saturated carbocycles. The van der Waals surface area contributed by atoms with Gasteiger partial charge in [-0.1, -0.05) is 35.9 Å². The molecule has 6 heteroatoms. The summed E-state index contributed by atoms with van der Waals surface area (Å²) in [5.74, 6) is 0.870. The molecule has 1 aliphatic carbocycles. The van der Waals surface area contributed by atoms with E-state index in [9.17, 15) is 4.79 Å². The fraction of sp³-hybridized carbons (Fsp3) is 0.381. The standard InChI is InChI=1S/C21H24ClN3O2/c1-27-19-5-3-2-4-18(19)24-12-14-25(15-13-24)20(26)23-21(10-11-21)16-6-8-17(22)9-7-16/h2-9H,10-15H2,1H3,(H,23,26). The van der Waals surface area contributed by atoms with Crippen molar-refractivity contribution in [2.75, 3.05) is 38.2 Å². The first-order valence-electron chi connectivity index (χ1n) is 9.32. The molecule has 0 spiro atoms. The zero-order valence-electron chi connectivity index (χ0n) is 15.5. The molecule has 0 atom stereocenters. The molecule has 0 unspecified atom stereocenters. The monoisotopic (exact) mass is 385 g/mol. The molecule has 1 N–H and O–H groups in total. The van der Waals surface area contributed by atoms with E-state index in [1.54, 1.807) is 7.11 Å². The van der Waals surface area contributed by atoms with Crippen LogP contribution in [-0.2, 0) is 5.54 Å². The number of nitrogens with one attached hydrogen (secondary N) is 1. The van der Waals surface area contributed by atoms with Crippen LogP contribution in [0, 0.1) is 0 Å². The number of anilines is 1. The lowest BCUT2D eigenvalue weighted by Gasteiger charge is -2.37. The first-order valence-corrected chi connectivity index (χ1v) is 9.70. The third-order valence-electron chi connectivity index (χ3n) is 5.49. The van der Waals surface area contributed by atoms with E-state index in [2.05, 4.69) is 16.3 Å². The molecule has 2 aromatic carbocycles. The molecule has 2 amide bonds. The summed E-state index contributed by atoms with van der Waals surface area (Å²) in [5.41, 5.74) is 1.99. The Morgan fingerprint density at radius 1 is 1.04 bits per heavy atom. The second-order valence-electron chi connectivity index (χ2n) is 7.17. The van der Waals surface area contributed by atoms with Gasteiger partial charge in [0, 0.05) is 31.2 Å². The van der Waals surface area contributed by atoms with E-state index in [1.165, 1.54) is 0 Å². The Bertz CT molecular complexity index is 812. The van der Waals surface area contributed by atoms with Crippen LogP contribution >= 0.6 is 11.6 Å². The number of amides is 2. The van der Waals surface area contributed by atoms with Gasteiger partial charge in [-0.15, -0.1) is 0 Å². The van der Waals surface area contributed by atoms with Gasteiger partial charge in [-0.3, -0.25) is 0 Å². The Morgan fingerprint density at radius 2 is 1.70 bits per heavy atom. The average molecular weight is 386 g/mol. The highest BCUT2D eigenvalue weighted by Gasteiger charge is 2.46. The summed E-state index contributed by atoms with van der Waals surface area (Å²) in [5, 5.41) is 3.97. The number of para-hydroxylation sites is 2. The largest absolute Gasteiger partial charge is 0.495 e. The lowest BCUT2D eigenvalue weighted by atomic mass is 10.1. The number of rotatable bonds is 4. The maximum atomic E-state index is 12.8. The lowest BCUT2D eigenvalue weighted by Crippen LogP contribution is -2.53. The fourth-order valence-electron chi connectivity index (χ4n) is 3.70. The Kier molecular flexibility index (Phi) is 4.87. The molecule has 0 aromatic heterocycles. The number of methoxy groups -OCH3 is 1. The molecule has 1 saturated heterocycles. The smallest absolute Gasteiger partial charge is 0.318 e. The highest BCUT2D eigenvalue weighted by molar-refractivity contribution is 6.30. The van der Waals surface area contributed by atoms with Gasteiger partial charge in [-0.2, -0.15) is 0 Å². The van der Waals surface area contributed by atoms with E-state index >= 15 is 0 Å². The lowest BCUT2D eigenvalue weighted by molar-refractivity contribution is 0.188. The minimum Gasteiger partial charge on any atom is -0.495 e. The summed E-state index contributed by atoms with van der Waals surface area (Å²) < 4.78 is 5.46. The zero-order chi connectivity index (χ0) is 18.9. The zero-order valence-corrected chi connectivity index (χ0v) is 16.2. The molecule has 1 heterocycles. The summed E-state index contributed by atoms with van der Waals surface area (Å²) in [4.78, 5) is 17.0. The summed E-state index contributed by atoms with van der Waals surface area (Å²) in [6, 6.07) is 15.8. The average Bonchev–Trinajstić information content (AvgIpc) is 3.49. The van der Waals surface area contributed by atoms with Gasteiger partial charge >= 0.3 is 6.03 Å². The van der Waals surface area contributed by atoms with Gasteiger partial charge in [0.25, 0.3) is 0 Å². The van der Waals surface area contributed by atoms with E-state index in [0.29, 0.717) is 18.1 Å². The molecule has 142 valence electrons. The van der Waals surface area contributed by atoms with Gasteiger partial charge in [0.2, 0.25) is 0 Å². The molecule has 2 aromatic rings. The van der Waals surface area contributed by atoms with Crippen LogP contribution in [0.5, 0.6) is 5.75 Å². The van der Waals surface area contributed by atoms with Crippen LogP contribution in [0.2, 0.25) is 5.02 Å². The van der Waals surface area contributed by atoms with Crippen molar-refractivity contribution in [1.82, 2.24) is 10.2 Å². The maximum Gasteiger partial charge on any atom is 0.318 e. The van der Waals surface area contributed by atoms with Crippen molar-refractivity contribution in [3.63, 3.8) is 0 Å². The normalized spacial score (nSPS) is 18.1. The van der Waals surface area contributed by atoms with Crippen LogP contribution in [0.1, 0.15) is 18.4 Å².